The largest absolute Gasteiger partial charge is 0.470 e. The number of ether oxygens (including phenoxy) is 2. The number of H-pyrrole nitrogens is 1. The van der Waals surface area contributed by atoms with Gasteiger partial charge in [-0.3, -0.25) is 9.32 Å². The summed E-state index contributed by atoms with van der Waals surface area (Å²) in [5.74, 6) is 0.125. The van der Waals surface area contributed by atoms with Crippen LogP contribution in [-0.4, -0.2) is 79.9 Å². The number of phosphoric acid groups is 1. The Morgan fingerprint density at radius 1 is 1.29 bits per heavy atom. The van der Waals surface area contributed by atoms with E-state index in [4.69, 9.17) is 19.3 Å². The molecule has 7 N–H and O–H groups in total. The first-order valence-corrected chi connectivity index (χ1v) is 11.0. The zero-order valence-corrected chi connectivity index (χ0v) is 17.4. The average Bonchev–Trinajstić information content (AvgIpc) is 3.08. The molecular weight excluding hydrogens is 435 g/mol. The molecule has 172 valence electrons. The first kappa shape index (κ1) is 23.6. The van der Waals surface area contributed by atoms with Crippen LogP contribution in [0.2, 0.25) is 0 Å². The monoisotopic (exact) mass is 460 g/mol. The van der Waals surface area contributed by atoms with Crippen molar-refractivity contribution in [3.05, 3.63) is 30.0 Å². The van der Waals surface area contributed by atoms with E-state index in [9.17, 15) is 24.7 Å². The summed E-state index contributed by atoms with van der Waals surface area (Å²) in [4.78, 5) is 32.3. The van der Waals surface area contributed by atoms with E-state index in [1.165, 1.54) is 6.92 Å². The molecule has 2 aromatic rings. The van der Waals surface area contributed by atoms with Gasteiger partial charge in [0, 0.05) is 30.6 Å². The van der Waals surface area contributed by atoms with Gasteiger partial charge in [0.25, 0.3) is 0 Å². The fourth-order valence-electron chi connectivity index (χ4n) is 3.38. The highest BCUT2D eigenvalue weighted by Gasteiger charge is 2.48. The fraction of sp³-hybridized carbons (Fsp3) is 0.500. The van der Waals surface area contributed by atoms with Crippen molar-refractivity contribution >= 4 is 24.6 Å². The number of rotatable bonds is 8. The van der Waals surface area contributed by atoms with Crippen LogP contribution in [-0.2, 0) is 25.0 Å². The van der Waals surface area contributed by atoms with Crippen LogP contribution in [0.5, 0.6) is 5.75 Å². The van der Waals surface area contributed by atoms with Gasteiger partial charge in [-0.05, 0) is 30.2 Å². The highest BCUT2D eigenvalue weighted by Crippen LogP contribution is 2.41. The Kier molecular flexibility index (Phi) is 7.35. The smallest absolute Gasteiger partial charge is 0.462 e. The number of aliphatic hydroxyl groups is 3. The highest BCUT2D eigenvalue weighted by molar-refractivity contribution is 7.46. The number of fused-ring (bicyclic) bond motifs is 1. The van der Waals surface area contributed by atoms with Gasteiger partial charge < -0.3 is 44.9 Å². The summed E-state index contributed by atoms with van der Waals surface area (Å²) in [5, 5.41) is 33.5. The standard InChI is InChI=1S/C18H25N2O10P/c1-9(22)19-5-4-10-7-20-13-3-2-11(6-12(10)13)28-18-16(24)17(30-31(25,26)27)15(23)14(8-21)29-18/h2-3,6-7,14-18,20-21,23-24H,4-5,8H2,1H3,(H,19,22)(H2,25,26,27)/t14?,15-,16?,17?,18-/m1/s1. The molecule has 13 heteroatoms. The number of aromatic amines is 1. The van der Waals surface area contributed by atoms with Crippen LogP contribution in [0.15, 0.2) is 24.4 Å². The lowest BCUT2D eigenvalue weighted by Crippen LogP contribution is -2.60. The third kappa shape index (κ3) is 5.82. The zero-order valence-electron chi connectivity index (χ0n) is 16.5. The number of hydrogen-bond acceptors (Lipinski definition) is 8. The van der Waals surface area contributed by atoms with E-state index < -0.39 is 45.1 Å². The number of nitrogens with one attached hydrogen (secondary N) is 2. The summed E-state index contributed by atoms with van der Waals surface area (Å²) in [7, 11) is -5.05. The van der Waals surface area contributed by atoms with Gasteiger partial charge in [-0.1, -0.05) is 0 Å². The Morgan fingerprint density at radius 2 is 2.03 bits per heavy atom. The Balaban J connectivity index is 1.79. The SMILES string of the molecule is CC(=O)NCCc1c[nH]c2ccc(O[C@@H]3OC(CO)[C@@H](O)C(OP(=O)(O)O)C3O)cc12. The Labute approximate surface area is 177 Å². The predicted molar refractivity (Wildman–Crippen MR) is 106 cm³/mol. The van der Waals surface area contributed by atoms with Gasteiger partial charge >= 0.3 is 7.82 Å². The number of carbonyl (C=O) groups excluding carboxylic acids is 1. The molecule has 5 atom stereocenters. The summed E-state index contributed by atoms with van der Waals surface area (Å²) in [6.45, 7) is 1.17. The maximum absolute atomic E-state index is 11.2. The summed E-state index contributed by atoms with van der Waals surface area (Å²) < 4.78 is 26.7. The minimum Gasteiger partial charge on any atom is -0.462 e. The molecule has 1 fully saturated rings. The van der Waals surface area contributed by atoms with E-state index in [0.29, 0.717) is 13.0 Å². The van der Waals surface area contributed by atoms with E-state index >= 15 is 0 Å². The number of aliphatic hydroxyl groups excluding tert-OH is 3. The third-order valence-corrected chi connectivity index (χ3v) is 5.36. The second-order valence-corrected chi connectivity index (χ2v) is 8.33. The molecule has 0 aliphatic carbocycles. The van der Waals surface area contributed by atoms with Gasteiger partial charge in [-0.2, -0.15) is 0 Å². The Morgan fingerprint density at radius 3 is 2.68 bits per heavy atom. The van der Waals surface area contributed by atoms with Crippen LogP contribution in [0, 0.1) is 0 Å². The first-order chi connectivity index (χ1) is 14.6. The van der Waals surface area contributed by atoms with Crippen LogP contribution in [0.25, 0.3) is 10.9 Å². The minimum absolute atomic E-state index is 0.139. The molecule has 0 bridgehead atoms. The van der Waals surface area contributed by atoms with Crippen molar-refractivity contribution in [1.82, 2.24) is 10.3 Å². The molecule has 3 unspecified atom stereocenters. The molecule has 2 heterocycles. The summed E-state index contributed by atoms with van der Waals surface area (Å²) in [6, 6.07) is 4.98. The molecule has 0 radical (unpaired) electrons. The predicted octanol–water partition coefficient (Wildman–Crippen LogP) is -0.858. The van der Waals surface area contributed by atoms with E-state index in [1.54, 1.807) is 24.4 Å². The fourth-order valence-corrected chi connectivity index (χ4v) is 3.95. The van der Waals surface area contributed by atoms with Gasteiger partial charge in [0.1, 0.15) is 30.2 Å². The molecule has 0 spiro atoms. The van der Waals surface area contributed by atoms with Crippen molar-refractivity contribution in [2.75, 3.05) is 13.2 Å². The minimum atomic E-state index is -5.05. The quantitative estimate of drug-likeness (QED) is 0.244. The van der Waals surface area contributed by atoms with Crippen LogP contribution in [0.3, 0.4) is 0 Å². The molecule has 0 saturated carbocycles. The van der Waals surface area contributed by atoms with E-state index in [2.05, 4.69) is 14.8 Å². The normalized spacial score (nSPS) is 26.7. The number of phosphoric ester groups is 1. The molecule has 1 amide bonds. The number of aromatic nitrogens is 1. The van der Waals surface area contributed by atoms with Crippen molar-refractivity contribution in [1.29, 1.82) is 0 Å². The van der Waals surface area contributed by atoms with Crippen molar-refractivity contribution in [2.45, 2.75) is 44.1 Å². The second-order valence-electron chi connectivity index (χ2n) is 7.14. The second kappa shape index (κ2) is 9.63. The molecule has 1 aliphatic heterocycles. The number of hydrogen-bond donors (Lipinski definition) is 7. The highest BCUT2D eigenvalue weighted by atomic mass is 31.2. The topological polar surface area (TPSA) is 191 Å². The van der Waals surface area contributed by atoms with Crippen molar-refractivity contribution < 1.29 is 48.5 Å². The van der Waals surface area contributed by atoms with Gasteiger partial charge in [0.2, 0.25) is 12.2 Å². The summed E-state index contributed by atoms with van der Waals surface area (Å²) in [5.41, 5.74) is 1.72. The Bertz CT molecular complexity index is 960. The molecular formula is C18H25N2O10P. The van der Waals surface area contributed by atoms with Gasteiger partial charge in [-0.15, -0.1) is 0 Å². The molecule has 1 saturated heterocycles. The number of carbonyl (C=O) groups is 1. The lowest BCUT2D eigenvalue weighted by molar-refractivity contribution is -0.274. The number of benzene rings is 1. The number of amides is 1. The molecule has 31 heavy (non-hydrogen) atoms. The summed E-state index contributed by atoms with van der Waals surface area (Å²) in [6.07, 6.45) is -5.62. The van der Waals surface area contributed by atoms with E-state index in [-0.39, 0.29) is 11.7 Å². The van der Waals surface area contributed by atoms with E-state index in [0.717, 1.165) is 16.5 Å². The summed E-state index contributed by atoms with van der Waals surface area (Å²) >= 11 is 0. The maximum Gasteiger partial charge on any atom is 0.470 e. The van der Waals surface area contributed by atoms with Crippen LogP contribution >= 0.6 is 7.82 Å². The lowest BCUT2D eigenvalue weighted by Gasteiger charge is -2.41. The molecule has 12 nitrogen and oxygen atoms in total. The van der Waals surface area contributed by atoms with Crippen LogP contribution in [0.1, 0.15) is 12.5 Å². The Hall–Kier alpha value is -2.02. The van der Waals surface area contributed by atoms with E-state index in [1.807, 2.05) is 0 Å². The molecule has 1 aromatic heterocycles. The molecule has 1 aliphatic rings. The maximum atomic E-state index is 11.2. The van der Waals surface area contributed by atoms with Gasteiger partial charge in [-0.25, -0.2) is 4.57 Å². The van der Waals surface area contributed by atoms with Crippen LogP contribution in [0.4, 0.5) is 0 Å². The lowest BCUT2D eigenvalue weighted by atomic mass is 9.99. The van der Waals surface area contributed by atoms with Crippen molar-refractivity contribution in [3.8, 4) is 5.75 Å². The van der Waals surface area contributed by atoms with Gasteiger partial charge in [0.05, 0.1) is 6.61 Å². The van der Waals surface area contributed by atoms with Crippen LogP contribution < -0.4 is 10.1 Å². The average molecular weight is 460 g/mol. The van der Waals surface area contributed by atoms with Crippen molar-refractivity contribution in [2.24, 2.45) is 0 Å². The zero-order chi connectivity index (χ0) is 22.8. The van der Waals surface area contributed by atoms with Crippen molar-refractivity contribution in [3.63, 3.8) is 0 Å². The van der Waals surface area contributed by atoms with Gasteiger partial charge in [0.15, 0.2) is 0 Å². The first-order valence-electron chi connectivity index (χ1n) is 9.46. The molecule has 1 aromatic carbocycles. The molecule has 3 rings (SSSR count). The third-order valence-electron chi connectivity index (χ3n) is 4.84.